The Balaban J connectivity index is 3.34. The average molecular weight is 226 g/mol. The summed E-state index contributed by atoms with van der Waals surface area (Å²) in [6, 6.07) is 2.23. The molecule has 0 aliphatic rings. The molecule has 0 amide bonds. The van der Waals surface area contributed by atoms with E-state index in [1.165, 1.54) is 0 Å². The second-order valence-electron chi connectivity index (χ2n) is 2.11. The summed E-state index contributed by atoms with van der Waals surface area (Å²) in [4.78, 5) is 0. The van der Waals surface area contributed by atoms with Crippen molar-refractivity contribution in [2.24, 2.45) is 5.16 Å². The lowest BCUT2D eigenvalue weighted by Gasteiger charge is -2.01. The first-order chi connectivity index (χ1) is 6.07. The monoisotopic (exact) mass is 225 g/mol. The van der Waals surface area contributed by atoms with Crippen LogP contribution in [0.15, 0.2) is 17.3 Å². The van der Waals surface area contributed by atoms with Gasteiger partial charge in [0.05, 0.1) is 10.6 Å². The summed E-state index contributed by atoms with van der Waals surface area (Å²) in [5.41, 5.74) is -0.342. The van der Waals surface area contributed by atoms with Crippen molar-refractivity contribution in [1.82, 2.24) is 0 Å². The maximum absolute atomic E-state index is 13.0. The highest BCUT2D eigenvalue weighted by atomic mass is 35.5. The molecule has 0 atom stereocenters. The third-order valence-corrected chi connectivity index (χ3v) is 1.92. The minimum Gasteiger partial charge on any atom is -0.410 e. The van der Waals surface area contributed by atoms with Crippen molar-refractivity contribution in [3.05, 3.63) is 34.4 Å². The quantitative estimate of drug-likeness (QED) is 0.339. The topological polar surface area (TPSA) is 32.6 Å². The van der Waals surface area contributed by atoms with Gasteiger partial charge in [0.2, 0.25) is 0 Å². The smallest absolute Gasteiger partial charge is 0.178 e. The van der Waals surface area contributed by atoms with Crippen molar-refractivity contribution in [2.45, 2.75) is 0 Å². The van der Waals surface area contributed by atoms with Gasteiger partial charge in [0, 0.05) is 0 Å². The lowest BCUT2D eigenvalue weighted by molar-refractivity contribution is 0.320. The molecule has 0 aliphatic heterocycles. The lowest BCUT2D eigenvalue weighted by Crippen LogP contribution is -1.99. The van der Waals surface area contributed by atoms with Gasteiger partial charge in [-0.2, -0.15) is 0 Å². The van der Waals surface area contributed by atoms with Crippen LogP contribution in [0.4, 0.5) is 8.78 Å². The molecule has 2 nitrogen and oxygen atoms in total. The number of halogens is 4. The molecule has 0 bridgehead atoms. The van der Waals surface area contributed by atoms with Crippen molar-refractivity contribution < 1.29 is 14.0 Å². The van der Waals surface area contributed by atoms with Crippen LogP contribution in [-0.4, -0.2) is 10.4 Å². The maximum Gasteiger partial charge on any atom is 0.178 e. The second kappa shape index (κ2) is 3.89. The Kier molecular flexibility index (Phi) is 3.06. The van der Waals surface area contributed by atoms with Crippen LogP contribution in [0.25, 0.3) is 0 Å². The fourth-order valence-electron chi connectivity index (χ4n) is 0.739. The fraction of sp³-hybridized carbons (Fsp3) is 0. The van der Waals surface area contributed by atoms with Crippen molar-refractivity contribution in [3.63, 3.8) is 0 Å². The number of rotatable bonds is 1. The van der Waals surface area contributed by atoms with Crippen LogP contribution < -0.4 is 0 Å². The number of benzene rings is 1. The van der Waals surface area contributed by atoms with Crippen LogP contribution >= 0.6 is 23.2 Å². The molecule has 0 unspecified atom stereocenters. The number of hydrogen-bond donors (Lipinski definition) is 1. The highest BCUT2D eigenvalue weighted by molar-refractivity contribution is 6.69. The van der Waals surface area contributed by atoms with Crippen LogP contribution in [0.2, 0.25) is 5.02 Å². The second-order valence-corrected chi connectivity index (χ2v) is 2.88. The minimum atomic E-state index is -1.24. The van der Waals surface area contributed by atoms with E-state index in [-0.39, 0.29) is 10.6 Å². The van der Waals surface area contributed by atoms with E-state index in [0.717, 1.165) is 12.1 Å². The zero-order valence-electron chi connectivity index (χ0n) is 6.06. The molecule has 1 rings (SSSR count). The summed E-state index contributed by atoms with van der Waals surface area (Å²) < 4.78 is 25.7. The summed E-state index contributed by atoms with van der Waals surface area (Å²) >= 11 is 10.5. The number of hydrogen-bond acceptors (Lipinski definition) is 2. The third-order valence-electron chi connectivity index (χ3n) is 1.35. The normalized spacial score (nSPS) is 11.8. The highest BCUT2D eigenvalue weighted by Gasteiger charge is 2.15. The summed E-state index contributed by atoms with van der Waals surface area (Å²) in [6.45, 7) is 0. The Morgan fingerprint density at radius 1 is 1.31 bits per heavy atom. The van der Waals surface area contributed by atoms with E-state index in [0.29, 0.717) is 0 Å². The Bertz CT molecular complexity index is 368. The van der Waals surface area contributed by atoms with Gasteiger partial charge in [-0.3, -0.25) is 0 Å². The van der Waals surface area contributed by atoms with Crippen LogP contribution in [0.3, 0.4) is 0 Å². The summed E-state index contributed by atoms with van der Waals surface area (Å²) in [7, 11) is 0. The lowest BCUT2D eigenvalue weighted by atomic mass is 10.2. The first-order valence-electron chi connectivity index (χ1n) is 3.09. The Morgan fingerprint density at radius 2 is 1.92 bits per heavy atom. The van der Waals surface area contributed by atoms with Crippen molar-refractivity contribution in [3.8, 4) is 0 Å². The van der Waals surface area contributed by atoms with Crippen molar-refractivity contribution in [2.75, 3.05) is 0 Å². The number of oxime groups is 1. The molecular formula is C7H3Cl2F2NO. The zero-order chi connectivity index (χ0) is 10.0. The maximum atomic E-state index is 13.0. The third kappa shape index (κ3) is 1.89. The molecule has 0 aliphatic carbocycles. The average Bonchev–Trinajstić information content (AvgIpc) is 2.13. The van der Waals surface area contributed by atoms with Crippen LogP contribution in [0.5, 0.6) is 0 Å². The summed E-state index contributed by atoms with van der Waals surface area (Å²) in [5, 5.41) is 9.84. The van der Waals surface area contributed by atoms with E-state index in [2.05, 4.69) is 5.16 Å². The Morgan fingerprint density at radius 3 is 2.46 bits per heavy atom. The SMILES string of the molecule is O/N=C(\Cl)c1ccc(Cl)c(F)c1F. The van der Waals surface area contributed by atoms with Crippen molar-refractivity contribution >= 4 is 28.4 Å². The van der Waals surface area contributed by atoms with Gasteiger partial charge >= 0.3 is 0 Å². The summed E-state index contributed by atoms with van der Waals surface area (Å²) in [5.74, 6) is -2.46. The van der Waals surface area contributed by atoms with Gasteiger partial charge in [0.15, 0.2) is 16.8 Å². The molecule has 1 aromatic carbocycles. The Hall–Kier alpha value is -0.870. The van der Waals surface area contributed by atoms with Gasteiger partial charge in [-0.25, -0.2) is 8.78 Å². The molecule has 1 N–H and O–H groups in total. The van der Waals surface area contributed by atoms with E-state index in [1.54, 1.807) is 0 Å². The van der Waals surface area contributed by atoms with Gasteiger partial charge in [0.25, 0.3) is 0 Å². The minimum absolute atomic E-state index is 0.342. The van der Waals surface area contributed by atoms with Crippen LogP contribution in [-0.2, 0) is 0 Å². The molecule has 0 heterocycles. The largest absolute Gasteiger partial charge is 0.410 e. The van der Waals surface area contributed by atoms with Gasteiger partial charge in [-0.1, -0.05) is 28.4 Å². The van der Waals surface area contributed by atoms with Gasteiger partial charge < -0.3 is 5.21 Å². The Labute approximate surface area is 82.4 Å². The summed E-state index contributed by atoms with van der Waals surface area (Å²) in [6.07, 6.45) is 0. The predicted molar refractivity (Wildman–Crippen MR) is 45.5 cm³/mol. The van der Waals surface area contributed by atoms with Crippen LogP contribution in [0.1, 0.15) is 5.56 Å². The van der Waals surface area contributed by atoms with Crippen molar-refractivity contribution in [1.29, 1.82) is 0 Å². The predicted octanol–water partition coefficient (Wildman–Crippen LogP) is 2.99. The molecule has 0 fully saturated rings. The molecule has 0 saturated heterocycles. The highest BCUT2D eigenvalue weighted by Crippen LogP contribution is 2.21. The fourth-order valence-corrected chi connectivity index (χ4v) is 1.03. The molecular weight excluding hydrogens is 223 g/mol. The van der Waals surface area contributed by atoms with E-state index in [4.69, 9.17) is 28.4 Å². The first kappa shape index (κ1) is 10.2. The zero-order valence-corrected chi connectivity index (χ0v) is 7.57. The van der Waals surface area contributed by atoms with E-state index in [1.807, 2.05) is 0 Å². The molecule has 1 aromatic rings. The first-order valence-corrected chi connectivity index (χ1v) is 3.85. The molecule has 70 valence electrons. The van der Waals surface area contributed by atoms with E-state index >= 15 is 0 Å². The van der Waals surface area contributed by atoms with E-state index < -0.39 is 16.8 Å². The van der Waals surface area contributed by atoms with Gasteiger partial charge in [-0.15, -0.1) is 0 Å². The van der Waals surface area contributed by atoms with Gasteiger partial charge in [-0.05, 0) is 12.1 Å². The van der Waals surface area contributed by atoms with Crippen LogP contribution in [0, 0.1) is 11.6 Å². The molecule has 6 heteroatoms. The molecule has 0 saturated carbocycles. The van der Waals surface area contributed by atoms with E-state index in [9.17, 15) is 8.78 Å². The number of nitrogens with zero attached hydrogens (tertiary/aromatic N) is 1. The molecule has 0 radical (unpaired) electrons. The van der Waals surface area contributed by atoms with Gasteiger partial charge in [0.1, 0.15) is 0 Å². The standard InChI is InChI=1S/C7H3Cl2F2NO/c8-4-2-1-3(7(9)12-13)5(10)6(4)11/h1-2,13H/b12-7-. The molecule has 0 aromatic heterocycles. The molecule has 0 spiro atoms. The molecule has 13 heavy (non-hydrogen) atoms.